The molecular weight excluding hydrogens is 252 g/mol. The second-order valence-corrected chi connectivity index (χ2v) is 4.85. The molecule has 3 aromatic rings. The highest BCUT2D eigenvalue weighted by Gasteiger charge is 2.18. The van der Waals surface area contributed by atoms with E-state index < -0.39 is 0 Å². The van der Waals surface area contributed by atoms with Gasteiger partial charge in [0, 0.05) is 23.3 Å². The first kappa shape index (κ1) is 12.4. The van der Waals surface area contributed by atoms with Crippen LogP contribution >= 0.6 is 0 Å². The summed E-state index contributed by atoms with van der Waals surface area (Å²) in [4.78, 5) is 23.6. The van der Waals surface area contributed by atoms with Crippen molar-refractivity contribution in [2.75, 3.05) is 5.73 Å². The van der Waals surface area contributed by atoms with Gasteiger partial charge in [0.15, 0.2) is 5.78 Å². The standard InChI is InChI=1S/C16H14N2O2/c1-9(19)11-7-8-13-12-5-3-4-6-14(12)18(10(2)20)16(13)15(11)17/h3-8H,17H2,1-2H3. The Bertz CT molecular complexity index is 875. The number of carbonyl (C=O) groups excluding carboxylic acids is 2. The fraction of sp³-hybridized carbons (Fsp3) is 0.125. The van der Waals surface area contributed by atoms with Crippen LogP contribution in [0.25, 0.3) is 21.8 Å². The number of anilines is 1. The van der Waals surface area contributed by atoms with E-state index in [0.717, 1.165) is 16.3 Å². The van der Waals surface area contributed by atoms with Crippen LogP contribution in [0.3, 0.4) is 0 Å². The van der Waals surface area contributed by atoms with E-state index in [4.69, 9.17) is 5.73 Å². The lowest BCUT2D eigenvalue weighted by atomic mass is 10.1. The molecular formula is C16H14N2O2. The molecule has 0 atom stereocenters. The van der Waals surface area contributed by atoms with Crippen LogP contribution in [0.15, 0.2) is 36.4 Å². The number of nitrogens with zero attached hydrogens (tertiary/aromatic N) is 1. The highest BCUT2D eigenvalue weighted by molar-refractivity contribution is 6.19. The number of nitrogens with two attached hydrogens (primary N) is 1. The molecule has 0 aliphatic heterocycles. The molecule has 0 aliphatic rings. The minimum absolute atomic E-state index is 0.107. The molecule has 20 heavy (non-hydrogen) atoms. The predicted octanol–water partition coefficient (Wildman–Crippen LogP) is 3.24. The van der Waals surface area contributed by atoms with Gasteiger partial charge in [-0.1, -0.05) is 24.3 Å². The molecule has 0 saturated heterocycles. The number of Topliss-reactive ketones (excluding diaryl/α,β-unsaturated/α-hetero) is 1. The number of para-hydroxylation sites is 1. The summed E-state index contributed by atoms with van der Waals surface area (Å²) in [6, 6.07) is 11.2. The van der Waals surface area contributed by atoms with Crippen molar-refractivity contribution in [2.45, 2.75) is 13.8 Å². The Morgan fingerprint density at radius 1 is 1.00 bits per heavy atom. The Hall–Kier alpha value is -2.62. The number of hydrogen-bond donors (Lipinski definition) is 1. The number of benzene rings is 2. The minimum atomic E-state index is -0.122. The van der Waals surface area contributed by atoms with Crippen LogP contribution in [0.1, 0.15) is 29.0 Å². The first-order valence-electron chi connectivity index (χ1n) is 6.36. The zero-order chi connectivity index (χ0) is 14.4. The molecule has 0 unspecified atom stereocenters. The van der Waals surface area contributed by atoms with Gasteiger partial charge in [-0.15, -0.1) is 0 Å². The van der Waals surface area contributed by atoms with Gasteiger partial charge in [-0.3, -0.25) is 14.2 Å². The topological polar surface area (TPSA) is 65.1 Å². The summed E-state index contributed by atoms with van der Waals surface area (Å²) in [5.41, 5.74) is 8.36. The largest absolute Gasteiger partial charge is 0.396 e. The third-order valence-corrected chi connectivity index (χ3v) is 3.57. The summed E-state index contributed by atoms with van der Waals surface area (Å²) in [6.07, 6.45) is 0. The number of nitrogen functional groups attached to an aromatic ring is 1. The Morgan fingerprint density at radius 2 is 1.70 bits per heavy atom. The highest BCUT2D eigenvalue weighted by atomic mass is 16.1. The number of hydrogen-bond acceptors (Lipinski definition) is 3. The van der Waals surface area contributed by atoms with Gasteiger partial charge >= 0.3 is 0 Å². The summed E-state index contributed by atoms with van der Waals surface area (Å²) >= 11 is 0. The molecule has 1 heterocycles. The van der Waals surface area contributed by atoms with Crippen LogP contribution in [0.5, 0.6) is 0 Å². The van der Waals surface area contributed by atoms with Gasteiger partial charge < -0.3 is 5.73 Å². The molecule has 2 N–H and O–H groups in total. The monoisotopic (exact) mass is 266 g/mol. The fourth-order valence-corrected chi connectivity index (χ4v) is 2.72. The van der Waals surface area contributed by atoms with E-state index in [1.54, 1.807) is 10.6 Å². The summed E-state index contributed by atoms with van der Waals surface area (Å²) in [7, 11) is 0. The molecule has 0 spiro atoms. The van der Waals surface area contributed by atoms with Crippen LogP contribution in [-0.2, 0) is 0 Å². The van der Waals surface area contributed by atoms with Crippen molar-refractivity contribution in [3.05, 3.63) is 42.0 Å². The van der Waals surface area contributed by atoms with Gasteiger partial charge in [-0.05, 0) is 19.1 Å². The van der Waals surface area contributed by atoms with Gasteiger partial charge in [0.25, 0.3) is 0 Å². The van der Waals surface area contributed by atoms with Crippen molar-refractivity contribution < 1.29 is 9.59 Å². The maximum Gasteiger partial charge on any atom is 0.228 e. The van der Waals surface area contributed by atoms with Crippen molar-refractivity contribution in [1.29, 1.82) is 0 Å². The third-order valence-electron chi connectivity index (χ3n) is 3.57. The van der Waals surface area contributed by atoms with Crippen molar-refractivity contribution in [2.24, 2.45) is 0 Å². The summed E-state index contributed by atoms with van der Waals surface area (Å²) in [5, 5.41) is 1.85. The summed E-state index contributed by atoms with van der Waals surface area (Å²) in [6.45, 7) is 2.96. The predicted molar refractivity (Wildman–Crippen MR) is 80.2 cm³/mol. The Kier molecular flexibility index (Phi) is 2.61. The molecule has 0 fully saturated rings. The minimum Gasteiger partial charge on any atom is -0.396 e. The van der Waals surface area contributed by atoms with Gasteiger partial charge in [-0.25, -0.2) is 0 Å². The summed E-state index contributed by atoms with van der Waals surface area (Å²) in [5.74, 6) is -0.228. The number of fused-ring (bicyclic) bond motifs is 3. The zero-order valence-corrected chi connectivity index (χ0v) is 11.3. The molecule has 0 aliphatic carbocycles. The number of ketones is 1. The lowest BCUT2D eigenvalue weighted by Gasteiger charge is -2.07. The second-order valence-electron chi connectivity index (χ2n) is 4.85. The second kappa shape index (κ2) is 4.20. The van der Waals surface area contributed by atoms with Crippen molar-refractivity contribution in [1.82, 2.24) is 4.57 Å². The lowest BCUT2D eigenvalue weighted by molar-refractivity contribution is 0.0944. The summed E-state index contributed by atoms with van der Waals surface area (Å²) < 4.78 is 1.58. The first-order valence-corrected chi connectivity index (χ1v) is 6.36. The van der Waals surface area contributed by atoms with Crippen LogP contribution in [-0.4, -0.2) is 16.3 Å². The molecule has 0 amide bonds. The van der Waals surface area contributed by atoms with E-state index >= 15 is 0 Å². The SMILES string of the molecule is CC(=O)c1ccc2c3ccccc3n(C(C)=O)c2c1N. The van der Waals surface area contributed by atoms with E-state index in [1.807, 2.05) is 30.3 Å². The Balaban J connectivity index is 2.61. The molecule has 0 radical (unpaired) electrons. The average molecular weight is 266 g/mol. The average Bonchev–Trinajstić information content (AvgIpc) is 2.74. The van der Waals surface area contributed by atoms with E-state index in [-0.39, 0.29) is 11.7 Å². The number of rotatable bonds is 1. The highest BCUT2D eigenvalue weighted by Crippen LogP contribution is 2.34. The molecule has 1 aromatic heterocycles. The molecule has 100 valence electrons. The van der Waals surface area contributed by atoms with Gasteiger partial charge in [0.05, 0.1) is 16.7 Å². The third kappa shape index (κ3) is 1.54. The smallest absolute Gasteiger partial charge is 0.228 e. The van der Waals surface area contributed by atoms with Gasteiger partial charge in [-0.2, -0.15) is 0 Å². The molecule has 3 rings (SSSR count). The van der Waals surface area contributed by atoms with Gasteiger partial charge in [0.2, 0.25) is 5.91 Å². The maximum atomic E-state index is 12.0. The Labute approximate surface area is 115 Å². The number of aromatic nitrogens is 1. The quantitative estimate of drug-likeness (QED) is 0.543. The van der Waals surface area contributed by atoms with E-state index in [1.165, 1.54) is 13.8 Å². The first-order chi connectivity index (χ1) is 9.52. The van der Waals surface area contributed by atoms with E-state index in [9.17, 15) is 9.59 Å². The van der Waals surface area contributed by atoms with E-state index in [0.29, 0.717) is 16.8 Å². The molecule has 0 bridgehead atoms. The zero-order valence-electron chi connectivity index (χ0n) is 11.3. The van der Waals surface area contributed by atoms with Crippen molar-refractivity contribution in [3.63, 3.8) is 0 Å². The number of carbonyl (C=O) groups is 2. The molecule has 2 aromatic carbocycles. The molecule has 0 saturated carbocycles. The molecule has 4 nitrogen and oxygen atoms in total. The van der Waals surface area contributed by atoms with Crippen LogP contribution in [0, 0.1) is 0 Å². The maximum absolute atomic E-state index is 12.0. The lowest BCUT2D eigenvalue weighted by Crippen LogP contribution is -2.08. The van der Waals surface area contributed by atoms with Gasteiger partial charge in [0.1, 0.15) is 0 Å². The van der Waals surface area contributed by atoms with Crippen LogP contribution in [0.2, 0.25) is 0 Å². The van der Waals surface area contributed by atoms with Crippen molar-refractivity contribution in [3.8, 4) is 0 Å². The van der Waals surface area contributed by atoms with Crippen LogP contribution in [0.4, 0.5) is 5.69 Å². The van der Waals surface area contributed by atoms with Crippen LogP contribution < -0.4 is 5.73 Å². The Morgan fingerprint density at radius 3 is 2.35 bits per heavy atom. The van der Waals surface area contributed by atoms with Crippen molar-refractivity contribution >= 4 is 39.2 Å². The van der Waals surface area contributed by atoms with E-state index in [2.05, 4.69) is 0 Å². The molecule has 4 heteroatoms. The normalized spacial score (nSPS) is 11.1. The fourth-order valence-electron chi connectivity index (χ4n) is 2.72.